The fourth-order valence-electron chi connectivity index (χ4n) is 2.89. The summed E-state index contributed by atoms with van der Waals surface area (Å²) in [4.78, 5) is 14.5. The van der Waals surface area contributed by atoms with E-state index in [2.05, 4.69) is 12.2 Å². The predicted octanol–water partition coefficient (Wildman–Crippen LogP) is -0.0157. The Morgan fingerprint density at radius 3 is 2.72 bits per heavy atom. The molecule has 104 valence electrons. The molecule has 2 unspecified atom stereocenters. The highest BCUT2D eigenvalue weighted by Crippen LogP contribution is 2.31. The lowest BCUT2D eigenvalue weighted by Crippen LogP contribution is -2.55. The first-order chi connectivity index (χ1) is 8.55. The second kappa shape index (κ2) is 5.55. The van der Waals surface area contributed by atoms with Crippen LogP contribution in [0.2, 0.25) is 0 Å². The minimum atomic E-state index is -0.248. The van der Waals surface area contributed by atoms with Gasteiger partial charge in [0.15, 0.2) is 0 Å². The fourth-order valence-corrected chi connectivity index (χ4v) is 2.89. The minimum Gasteiger partial charge on any atom is -0.394 e. The maximum absolute atomic E-state index is 12.6. The Bertz CT molecular complexity index is 303. The number of ether oxygens (including phenoxy) is 1. The summed E-state index contributed by atoms with van der Waals surface area (Å²) in [6.45, 7) is 6.96. The van der Waals surface area contributed by atoms with Gasteiger partial charge in [-0.05, 0) is 32.9 Å². The van der Waals surface area contributed by atoms with Crippen molar-refractivity contribution in [3.63, 3.8) is 0 Å². The smallest absolute Gasteiger partial charge is 0.228 e. The van der Waals surface area contributed by atoms with Crippen molar-refractivity contribution in [3.8, 4) is 0 Å². The second-order valence-corrected chi connectivity index (χ2v) is 5.77. The number of aliphatic hydroxyl groups excluding tert-OH is 1. The molecule has 0 bridgehead atoms. The molecule has 0 saturated carbocycles. The summed E-state index contributed by atoms with van der Waals surface area (Å²) in [5, 5.41) is 12.5. The Morgan fingerprint density at radius 2 is 2.11 bits per heavy atom. The third kappa shape index (κ3) is 2.84. The monoisotopic (exact) mass is 256 g/mol. The van der Waals surface area contributed by atoms with E-state index >= 15 is 0 Å². The summed E-state index contributed by atoms with van der Waals surface area (Å²) in [6.07, 6.45) is 1.55. The van der Waals surface area contributed by atoms with Crippen LogP contribution in [0, 0.1) is 5.41 Å². The first-order valence-corrected chi connectivity index (χ1v) is 6.81. The Labute approximate surface area is 108 Å². The third-order valence-corrected chi connectivity index (χ3v) is 4.04. The highest BCUT2D eigenvalue weighted by molar-refractivity contribution is 5.82. The van der Waals surface area contributed by atoms with E-state index in [1.807, 2.05) is 11.8 Å². The molecule has 18 heavy (non-hydrogen) atoms. The zero-order chi connectivity index (χ0) is 13.2. The summed E-state index contributed by atoms with van der Waals surface area (Å²) in [6, 6.07) is 0. The number of morpholine rings is 1. The summed E-state index contributed by atoms with van der Waals surface area (Å²) < 4.78 is 5.58. The van der Waals surface area contributed by atoms with Crippen LogP contribution in [0.1, 0.15) is 26.7 Å². The van der Waals surface area contributed by atoms with Crippen LogP contribution in [0.3, 0.4) is 0 Å². The van der Waals surface area contributed by atoms with Gasteiger partial charge in [0, 0.05) is 18.5 Å². The molecule has 0 radical (unpaired) electrons. The Balaban J connectivity index is 2.03. The van der Waals surface area contributed by atoms with Crippen molar-refractivity contribution in [2.75, 3.05) is 32.8 Å². The van der Waals surface area contributed by atoms with E-state index in [0.29, 0.717) is 13.1 Å². The average Bonchev–Trinajstić information content (AvgIpc) is 2.38. The maximum atomic E-state index is 12.6. The number of nitrogens with one attached hydrogen (secondary N) is 1. The van der Waals surface area contributed by atoms with Crippen molar-refractivity contribution >= 4 is 5.91 Å². The lowest BCUT2D eigenvalue weighted by molar-refractivity contribution is -0.157. The van der Waals surface area contributed by atoms with Gasteiger partial charge in [0.1, 0.15) is 0 Å². The van der Waals surface area contributed by atoms with Gasteiger partial charge in [-0.2, -0.15) is 0 Å². The first kappa shape index (κ1) is 13.8. The number of amides is 1. The summed E-state index contributed by atoms with van der Waals surface area (Å²) in [5.41, 5.74) is -0.248. The number of carbonyl (C=O) groups is 1. The number of rotatable bonds is 2. The predicted molar refractivity (Wildman–Crippen MR) is 68.2 cm³/mol. The van der Waals surface area contributed by atoms with Crippen molar-refractivity contribution in [1.82, 2.24) is 10.2 Å². The van der Waals surface area contributed by atoms with Crippen LogP contribution in [-0.2, 0) is 9.53 Å². The van der Waals surface area contributed by atoms with Crippen LogP contribution in [0.5, 0.6) is 0 Å². The molecule has 0 aromatic heterocycles. The number of hydrogen-bond donors (Lipinski definition) is 2. The van der Waals surface area contributed by atoms with E-state index in [9.17, 15) is 9.90 Å². The molecule has 0 aromatic rings. The summed E-state index contributed by atoms with van der Waals surface area (Å²) in [5.74, 6) is 0.220. The molecule has 2 N–H and O–H groups in total. The zero-order valence-electron chi connectivity index (χ0n) is 11.3. The lowest BCUT2D eigenvalue weighted by atomic mass is 9.79. The Morgan fingerprint density at radius 1 is 1.44 bits per heavy atom. The van der Waals surface area contributed by atoms with E-state index in [1.54, 1.807) is 0 Å². The van der Waals surface area contributed by atoms with Crippen molar-refractivity contribution in [1.29, 1.82) is 0 Å². The molecular formula is C13H24N2O3. The molecule has 2 atom stereocenters. The van der Waals surface area contributed by atoms with E-state index in [1.165, 1.54) is 0 Å². The van der Waals surface area contributed by atoms with Gasteiger partial charge in [-0.25, -0.2) is 0 Å². The van der Waals surface area contributed by atoms with E-state index in [0.717, 1.165) is 25.9 Å². The zero-order valence-corrected chi connectivity index (χ0v) is 11.3. The van der Waals surface area contributed by atoms with Gasteiger partial charge in [0.05, 0.1) is 18.8 Å². The minimum absolute atomic E-state index is 0.00478. The first-order valence-electron chi connectivity index (χ1n) is 6.81. The largest absolute Gasteiger partial charge is 0.394 e. The van der Waals surface area contributed by atoms with E-state index in [-0.39, 0.29) is 30.1 Å². The molecule has 0 aliphatic carbocycles. The van der Waals surface area contributed by atoms with Crippen LogP contribution in [0.25, 0.3) is 0 Å². The summed E-state index contributed by atoms with van der Waals surface area (Å²) >= 11 is 0. The standard InChI is InChI=1S/C13H24N2O3/c1-10-7-15(8-11(9-16)18-10)12(17)13(2)3-5-14-6-4-13/h10-11,14,16H,3-9H2,1-2H3. The fraction of sp³-hybridized carbons (Fsp3) is 0.923. The number of aliphatic hydroxyl groups is 1. The molecular weight excluding hydrogens is 232 g/mol. The molecule has 0 aromatic carbocycles. The highest BCUT2D eigenvalue weighted by Gasteiger charge is 2.40. The average molecular weight is 256 g/mol. The number of hydrogen-bond acceptors (Lipinski definition) is 4. The second-order valence-electron chi connectivity index (χ2n) is 5.77. The highest BCUT2D eigenvalue weighted by atomic mass is 16.5. The van der Waals surface area contributed by atoms with Crippen molar-refractivity contribution in [2.24, 2.45) is 5.41 Å². The third-order valence-electron chi connectivity index (χ3n) is 4.04. The molecule has 2 fully saturated rings. The van der Waals surface area contributed by atoms with Crippen LogP contribution in [-0.4, -0.2) is 60.9 Å². The molecule has 5 heteroatoms. The normalized spacial score (nSPS) is 32.3. The molecule has 2 rings (SSSR count). The van der Waals surface area contributed by atoms with Gasteiger partial charge in [0.2, 0.25) is 5.91 Å². The van der Waals surface area contributed by atoms with Gasteiger partial charge in [0.25, 0.3) is 0 Å². The topological polar surface area (TPSA) is 61.8 Å². The lowest BCUT2D eigenvalue weighted by Gasteiger charge is -2.42. The molecule has 2 aliphatic rings. The Kier molecular flexibility index (Phi) is 4.25. The van der Waals surface area contributed by atoms with Crippen molar-refractivity contribution < 1.29 is 14.6 Å². The van der Waals surface area contributed by atoms with E-state index < -0.39 is 0 Å². The number of carbonyl (C=O) groups excluding carboxylic acids is 1. The van der Waals surface area contributed by atoms with Gasteiger partial charge in [-0.15, -0.1) is 0 Å². The maximum Gasteiger partial charge on any atom is 0.228 e. The SMILES string of the molecule is CC1CN(C(=O)C2(C)CCNCC2)CC(CO)O1. The molecule has 5 nitrogen and oxygen atoms in total. The van der Waals surface area contributed by atoms with Gasteiger partial charge >= 0.3 is 0 Å². The number of nitrogens with zero attached hydrogens (tertiary/aromatic N) is 1. The van der Waals surface area contributed by atoms with Gasteiger partial charge in [-0.1, -0.05) is 6.92 Å². The number of piperidine rings is 1. The quantitative estimate of drug-likeness (QED) is 0.729. The van der Waals surface area contributed by atoms with Crippen LogP contribution in [0.15, 0.2) is 0 Å². The summed E-state index contributed by atoms with van der Waals surface area (Å²) in [7, 11) is 0. The molecule has 2 aliphatic heterocycles. The van der Waals surface area contributed by atoms with Crippen molar-refractivity contribution in [3.05, 3.63) is 0 Å². The Hall–Kier alpha value is -0.650. The molecule has 2 heterocycles. The van der Waals surface area contributed by atoms with Gasteiger partial charge < -0.3 is 20.1 Å². The van der Waals surface area contributed by atoms with Crippen molar-refractivity contribution in [2.45, 2.75) is 38.9 Å². The molecule has 1 amide bonds. The van der Waals surface area contributed by atoms with Crippen LogP contribution < -0.4 is 5.32 Å². The molecule has 2 saturated heterocycles. The van der Waals surface area contributed by atoms with Crippen LogP contribution in [0.4, 0.5) is 0 Å². The van der Waals surface area contributed by atoms with Crippen LogP contribution >= 0.6 is 0 Å². The molecule has 0 spiro atoms. The van der Waals surface area contributed by atoms with Gasteiger partial charge in [-0.3, -0.25) is 4.79 Å². The van der Waals surface area contributed by atoms with E-state index in [4.69, 9.17) is 4.74 Å².